The lowest BCUT2D eigenvalue weighted by Gasteiger charge is -2.16. The van der Waals surface area contributed by atoms with E-state index >= 15 is 0 Å². The molecule has 84 valence electrons. The first-order chi connectivity index (χ1) is 7.56. The van der Waals surface area contributed by atoms with Gasteiger partial charge in [0.1, 0.15) is 6.54 Å². The fourth-order valence-corrected chi connectivity index (χ4v) is 1.42. The molecule has 0 unspecified atom stereocenters. The van der Waals surface area contributed by atoms with E-state index in [0.29, 0.717) is 5.65 Å². The van der Waals surface area contributed by atoms with Gasteiger partial charge in [0.05, 0.1) is 0 Å². The summed E-state index contributed by atoms with van der Waals surface area (Å²) in [6.45, 7) is -0.0697. The maximum absolute atomic E-state index is 10.6. The van der Waals surface area contributed by atoms with E-state index < -0.39 is 5.97 Å². The molecule has 7 nitrogen and oxygen atoms in total. The van der Waals surface area contributed by atoms with Crippen molar-refractivity contribution < 1.29 is 9.90 Å². The fourth-order valence-electron chi connectivity index (χ4n) is 1.42. The first-order valence-corrected chi connectivity index (χ1v) is 4.61. The number of carboxylic acids is 1. The number of pyridine rings is 1. The van der Waals surface area contributed by atoms with Crippen LogP contribution in [0.4, 0.5) is 11.6 Å². The molecule has 0 fully saturated rings. The third kappa shape index (κ3) is 1.88. The fraction of sp³-hybridized carbons (Fsp3) is 0.222. The van der Waals surface area contributed by atoms with Gasteiger partial charge in [0.2, 0.25) is 5.95 Å². The molecule has 0 aliphatic heterocycles. The lowest BCUT2D eigenvalue weighted by Crippen LogP contribution is -2.25. The Kier molecular flexibility index (Phi) is 2.35. The first-order valence-electron chi connectivity index (χ1n) is 4.61. The number of aromatic nitrogens is 3. The van der Waals surface area contributed by atoms with Crippen LogP contribution in [0.5, 0.6) is 0 Å². The molecule has 3 N–H and O–H groups in total. The zero-order valence-corrected chi connectivity index (χ0v) is 8.66. The van der Waals surface area contributed by atoms with Gasteiger partial charge in [-0.2, -0.15) is 4.98 Å². The second-order valence-electron chi connectivity index (χ2n) is 3.41. The minimum absolute atomic E-state index is 0.0697. The van der Waals surface area contributed by atoms with E-state index in [1.165, 1.54) is 4.52 Å². The van der Waals surface area contributed by atoms with Crippen LogP contribution in [0.1, 0.15) is 0 Å². The molecule has 7 heteroatoms. The Hall–Kier alpha value is -2.31. The van der Waals surface area contributed by atoms with Gasteiger partial charge in [-0.3, -0.25) is 4.79 Å². The number of aliphatic carboxylic acids is 1. The van der Waals surface area contributed by atoms with Crippen LogP contribution >= 0.6 is 0 Å². The number of fused-ring (bicyclic) bond motifs is 1. The number of likely N-dealkylation sites (N-methyl/N-ethyl adjacent to an activating group) is 1. The second-order valence-corrected chi connectivity index (χ2v) is 3.41. The Morgan fingerprint density at radius 2 is 2.44 bits per heavy atom. The van der Waals surface area contributed by atoms with Gasteiger partial charge >= 0.3 is 5.97 Å². The Morgan fingerprint density at radius 1 is 1.69 bits per heavy atom. The normalized spacial score (nSPS) is 10.6. The Balaban J connectivity index is 2.34. The molecule has 2 aromatic rings. The van der Waals surface area contributed by atoms with Crippen LogP contribution in [0.15, 0.2) is 18.3 Å². The van der Waals surface area contributed by atoms with Crippen LogP contribution in [0.25, 0.3) is 5.65 Å². The molecule has 0 radical (unpaired) electrons. The third-order valence-electron chi connectivity index (χ3n) is 2.15. The number of carboxylic acid groups (broad SMARTS) is 1. The molecule has 0 aromatic carbocycles. The molecule has 2 aromatic heterocycles. The number of rotatable bonds is 3. The van der Waals surface area contributed by atoms with Gasteiger partial charge in [0.25, 0.3) is 0 Å². The number of hydrogen-bond acceptors (Lipinski definition) is 5. The molecule has 0 aliphatic carbocycles. The summed E-state index contributed by atoms with van der Waals surface area (Å²) >= 11 is 0. The van der Waals surface area contributed by atoms with Gasteiger partial charge in [-0.05, 0) is 6.07 Å². The van der Waals surface area contributed by atoms with Crippen molar-refractivity contribution in [3.05, 3.63) is 18.3 Å². The van der Waals surface area contributed by atoms with Gasteiger partial charge in [-0.15, -0.1) is 5.10 Å². The predicted molar refractivity (Wildman–Crippen MR) is 58.3 cm³/mol. The summed E-state index contributed by atoms with van der Waals surface area (Å²) in [4.78, 5) is 16.2. The molecule has 2 heterocycles. The van der Waals surface area contributed by atoms with Gasteiger partial charge in [0.15, 0.2) is 5.65 Å². The molecule has 0 bridgehead atoms. The number of nitrogen functional groups attached to an aromatic ring is 1. The maximum atomic E-state index is 10.6. The van der Waals surface area contributed by atoms with E-state index in [1.54, 1.807) is 30.3 Å². The molecular formula is C9H11N5O2. The zero-order valence-electron chi connectivity index (χ0n) is 8.66. The highest BCUT2D eigenvalue weighted by molar-refractivity contribution is 5.74. The van der Waals surface area contributed by atoms with E-state index in [4.69, 9.17) is 10.8 Å². The van der Waals surface area contributed by atoms with Gasteiger partial charge in [-0.25, -0.2) is 4.52 Å². The molecule has 16 heavy (non-hydrogen) atoms. The molecule has 2 rings (SSSR count). The summed E-state index contributed by atoms with van der Waals surface area (Å²) in [6, 6.07) is 3.48. The second kappa shape index (κ2) is 3.69. The van der Waals surface area contributed by atoms with Crippen LogP contribution < -0.4 is 10.6 Å². The van der Waals surface area contributed by atoms with E-state index in [1.807, 2.05) is 0 Å². The topological polar surface area (TPSA) is 96.8 Å². The lowest BCUT2D eigenvalue weighted by molar-refractivity contribution is -0.135. The van der Waals surface area contributed by atoms with Gasteiger partial charge < -0.3 is 15.7 Å². The van der Waals surface area contributed by atoms with E-state index in [0.717, 1.165) is 5.69 Å². The van der Waals surface area contributed by atoms with Crippen molar-refractivity contribution in [1.82, 2.24) is 14.6 Å². The number of hydrogen-bond donors (Lipinski definition) is 2. The molecule has 0 saturated heterocycles. The van der Waals surface area contributed by atoms with E-state index in [-0.39, 0.29) is 12.5 Å². The van der Waals surface area contributed by atoms with Crippen LogP contribution in [0, 0.1) is 0 Å². The number of anilines is 2. The SMILES string of the molecule is CN(CC(=O)O)c1ccn2nc(N)nc2c1. The van der Waals surface area contributed by atoms with Crippen molar-refractivity contribution in [2.75, 3.05) is 24.2 Å². The minimum atomic E-state index is -0.886. The van der Waals surface area contributed by atoms with Gasteiger partial charge in [0, 0.05) is 25.0 Å². The molecule has 0 spiro atoms. The average Bonchev–Trinajstić information content (AvgIpc) is 2.55. The van der Waals surface area contributed by atoms with E-state index in [2.05, 4.69) is 10.1 Å². The smallest absolute Gasteiger partial charge is 0.323 e. The molecule has 0 atom stereocenters. The van der Waals surface area contributed by atoms with Crippen molar-refractivity contribution in [3.8, 4) is 0 Å². The Bertz CT molecular complexity index is 536. The van der Waals surface area contributed by atoms with Gasteiger partial charge in [-0.1, -0.05) is 0 Å². The molecule has 0 aliphatic rings. The lowest BCUT2D eigenvalue weighted by atomic mass is 10.3. The highest BCUT2D eigenvalue weighted by Gasteiger charge is 2.07. The standard InChI is InChI=1S/C9H11N5O2/c1-13(5-8(15)16)6-2-3-14-7(4-6)11-9(10)12-14/h2-4H,5H2,1H3,(H2,10,12)(H,15,16). The number of nitrogens with two attached hydrogens (primary N) is 1. The summed E-state index contributed by atoms with van der Waals surface area (Å²) in [5, 5.41) is 12.6. The van der Waals surface area contributed by atoms with Crippen molar-refractivity contribution in [2.24, 2.45) is 0 Å². The summed E-state index contributed by atoms with van der Waals surface area (Å²) < 4.78 is 1.54. The van der Waals surface area contributed by atoms with Crippen LogP contribution in [-0.2, 0) is 4.79 Å². The monoisotopic (exact) mass is 221 g/mol. The molecular weight excluding hydrogens is 210 g/mol. The zero-order chi connectivity index (χ0) is 11.7. The number of carbonyl (C=O) groups is 1. The summed E-state index contributed by atoms with van der Waals surface area (Å²) in [5.74, 6) is -0.693. The van der Waals surface area contributed by atoms with Crippen molar-refractivity contribution in [2.45, 2.75) is 0 Å². The van der Waals surface area contributed by atoms with Crippen LogP contribution in [0.2, 0.25) is 0 Å². The Morgan fingerprint density at radius 3 is 3.12 bits per heavy atom. The van der Waals surface area contributed by atoms with Crippen LogP contribution in [0.3, 0.4) is 0 Å². The highest BCUT2D eigenvalue weighted by Crippen LogP contribution is 2.14. The van der Waals surface area contributed by atoms with Crippen molar-refractivity contribution >= 4 is 23.3 Å². The quantitative estimate of drug-likeness (QED) is 0.747. The maximum Gasteiger partial charge on any atom is 0.323 e. The Labute approximate surface area is 91.1 Å². The molecule has 0 amide bonds. The van der Waals surface area contributed by atoms with Crippen LogP contribution in [-0.4, -0.2) is 39.3 Å². The first kappa shape index (κ1) is 10.2. The summed E-state index contributed by atoms with van der Waals surface area (Å²) in [7, 11) is 1.69. The van der Waals surface area contributed by atoms with Crippen molar-refractivity contribution in [1.29, 1.82) is 0 Å². The van der Waals surface area contributed by atoms with Crippen molar-refractivity contribution in [3.63, 3.8) is 0 Å². The van der Waals surface area contributed by atoms with E-state index in [9.17, 15) is 4.79 Å². The predicted octanol–water partition coefficient (Wildman–Crippen LogP) is -0.168. The molecule has 0 saturated carbocycles. The third-order valence-corrected chi connectivity index (χ3v) is 2.15. The highest BCUT2D eigenvalue weighted by atomic mass is 16.4. The number of nitrogens with zero attached hydrogens (tertiary/aromatic N) is 4. The largest absolute Gasteiger partial charge is 0.480 e. The minimum Gasteiger partial charge on any atom is -0.480 e. The summed E-state index contributed by atoms with van der Waals surface area (Å²) in [6.07, 6.45) is 1.69. The average molecular weight is 221 g/mol. The summed E-state index contributed by atoms with van der Waals surface area (Å²) in [5.41, 5.74) is 6.79.